The van der Waals surface area contributed by atoms with Gasteiger partial charge in [-0.05, 0) is 29.8 Å². The molecule has 3 aromatic rings. The molecule has 17 heavy (non-hydrogen) atoms. The van der Waals surface area contributed by atoms with Crippen LogP contribution in [0.2, 0.25) is 0 Å². The number of para-hydroxylation sites is 1. The Hall–Kier alpha value is -1.54. The summed E-state index contributed by atoms with van der Waals surface area (Å²) in [6, 6.07) is 18.5. The number of hydrogen-bond acceptors (Lipinski definition) is 1. The van der Waals surface area contributed by atoms with Crippen molar-refractivity contribution >= 4 is 26.9 Å². The van der Waals surface area contributed by atoms with Crippen molar-refractivity contribution < 1.29 is 4.42 Å². The smallest absolute Gasteiger partial charge is 0.134 e. The largest absolute Gasteiger partial charge is 0.461 e. The molecular formula is C15H11BrO. The second-order valence-corrected chi connectivity index (χ2v) is 4.97. The van der Waals surface area contributed by atoms with E-state index in [1.165, 1.54) is 5.56 Å². The fourth-order valence-electron chi connectivity index (χ4n) is 1.97. The van der Waals surface area contributed by atoms with Crippen molar-refractivity contribution in [1.82, 2.24) is 0 Å². The molecule has 0 N–H and O–H groups in total. The molecule has 0 fully saturated rings. The lowest BCUT2D eigenvalue weighted by molar-refractivity contribution is 0.563. The van der Waals surface area contributed by atoms with Gasteiger partial charge in [-0.2, -0.15) is 0 Å². The van der Waals surface area contributed by atoms with Crippen LogP contribution in [0.3, 0.4) is 0 Å². The number of fused-ring (bicyclic) bond motifs is 1. The Morgan fingerprint density at radius 2 is 1.82 bits per heavy atom. The molecule has 0 unspecified atom stereocenters. The summed E-state index contributed by atoms with van der Waals surface area (Å²) in [5.41, 5.74) is 2.20. The molecule has 3 rings (SSSR count). The van der Waals surface area contributed by atoms with Crippen LogP contribution >= 0.6 is 15.9 Å². The average Bonchev–Trinajstić information content (AvgIpc) is 2.71. The molecule has 1 nitrogen and oxygen atoms in total. The first-order valence-electron chi connectivity index (χ1n) is 5.53. The van der Waals surface area contributed by atoms with E-state index in [0.717, 1.165) is 27.6 Å². The minimum atomic E-state index is 0.827. The van der Waals surface area contributed by atoms with Gasteiger partial charge in [0.2, 0.25) is 0 Å². The predicted molar refractivity (Wildman–Crippen MR) is 73.2 cm³/mol. The predicted octanol–water partition coefficient (Wildman–Crippen LogP) is 4.79. The van der Waals surface area contributed by atoms with E-state index in [1.807, 2.05) is 30.3 Å². The molecule has 0 saturated carbocycles. The SMILES string of the molecule is Brc1cccc(Cc2cc3ccccc3o2)c1. The van der Waals surface area contributed by atoms with Crippen molar-refractivity contribution in [2.45, 2.75) is 6.42 Å². The Balaban J connectivity index is 1.94. The number of furan rings is 1. The molecular weight excluding hydrogens is 276 g/mol. The summed E-state index contributed by atoms with van der Waals surface area (Å²) in [4.78, 5) is 0. The van der Waals surface area contributed by atoms with Crippen molar-refractivity contribution in [3.8, 4) is 0 Å². The van der Waals surface area contributed by atoms with Gasteiger partial charge in [-0.15, -0.1) is 0 Å². The van der Waals surface area contributed by atoms with E-state index in [0.29, 0.717) is 0 Å². The summed E-state index contributed by atoms with van der Waals surface area (Å²) in [6.07, 6.45) is 0.827. The zero-order valence-electron chi connectivity index (χ0n) is 9.19. The van der Waals surface area contributed by atoms with Crippen molar-refractivity contribution in [2.24, 2.45) is 0 Å². The molecule has 0 bridgehead atoms. The molecule has 0 atom stereocenters. The molecule has 1 aromatic heterocycles. The van der Waals surface area contributed by atoms with Gasteiger partial charge in [0.15, 0.2) is 0 Å². The van der Waals surface area contributed by atoms with Gasteiger partial charge in [-0.1, -0.05) is 46.3 Å². The lowest BCUT2D eigenvalue weighted by Crippen LogP contribution is -1.84. The highest BCUT2D eigenvalue weighted by Gasteiger charge is 2.04. The van der Waals surface area contributed by atoms with Crippen LogP contribution in [0, 0.1) is 0 Å². The lowest BCUT2D eigenvalue weighted by Gasteiger charge is -1.98. The Kier molecular flexibility index (Phi) is 2.73. The topological polar surface area (TPSA) is 13.1 Å². The van der Waals surface area contributed by atoms with Gasteiger partial charge in [0.1, 0.15) is 11.3 Å². The number of hydrogen-bond donors (Lipinski definition) is 0. The Labute approximate surface area is 108 Å². The zero-order chi connectivity index (χ0) is 11.7. The van der Waals surface area contributed by atoms with E-state index in [9.17, 15) is 0 Å². The van der Waals surface area contributed by atoms with E-state index in [2.05, 4.69) is 40.2 Å². The molecule has 0 spiro atoms. The Morgan fingerprint density at radius 1 is 0.941 bits per heavy atom. The minimum absolute atomic E-state index is 0.827. The molecule has 84 valence electrons. The Bertz CT molecular complexity index is 622. The van der Waals surface area contributed by atoms with Gasteiger partial charge in [-0.25, -0.2) is 0 Å². The second kappa shape index (κ2) is 4.38. The van der Waals surface area contributed by atoms with Crippen LogP contribution in [0.5, 0.6) is 0 Å². The van der Waals surface area contributed by atoms with Crippen LogP contribution in [-0.2, 0) is 6.42 Å². The van der Waals surface area contributed by atoms with Crippen molar-refractivity contribution in [3.05, 3.63) is 70.4 Å². The van der Waals surface area contributed by atoms with E-state index in [4.69, 9.17) is 4.42 Å². The maximum atomic E-state index is 5.80. The number of halogens is 1. The third-order valence-electron chi connectivity index (χ3n) is 2.74. The molecule has 0 amide bonds. The van der Waals surface area contributed by atoms with Crippen molar-refractivity contribution in [3.63, 3.8) is 0 Å². The summed E-state index contributed by atoms with van der Waals surface area (Å²) >= 11 is 3.48. The van der Waals surface area contributed by atoms with Crippen LogP contribution in [-0.4, -0.2) is 0 Å². The minimum Gasteiger partial charge on any atom is -0.461 e. The van der Waals surface area contributed by atoms with Crippen molar-refractivity contribution in [1.29, 1.82) is 0 Å². The van der Waals surface area contributed by atoms with Gasteiger partial charge in [-0.3, -0.25) is 0 Å². The standard InChI is InChI=1S/C15H11BrO/c16-13-6-3-4-11(8-13)9-14-10-12-5-1-2-7-15(12)17-14/h1-8,10H,9H2. The molecule has 0 aliphatic rings. The van der Waals surface area contributed by atoms with Gasteiger partial charge in [0, 0.05) is 16.3 Å². The van der Waals surface area contributed by atoms with Crippen LogP contribution in [0.4, 0.5) is 0 Å². The Morgan fingerprint density at radius 3 is 2.65 bits per heavy atom. The highest BCUT2D eigenvalue weighted by molar-refractivity contribution is 9.10. The summed E-state index contributed by atoms with van der Waals surface area (Å²) in [6.45, 7) is 0. The van der Waals surface area contributed by atoms with Gasteiger partial charge >= 0.3 is 0 Å². The van der Waals surface area contributed by atoms with E-state index >= 15 is 0 Å². The highest BCUT2D eigenvalue weighted by Crippen LogP contribution is 2.22. The van der Waals surface area contributed by atoms with E-state index in [1.54, 1.807) is 0 Å². The normalized spacial score (nSPS) is 10.9. The molecule has 2 heteroatoms. The third-order valence-corrected chi connectivity index (χ3v) is 3.24. The summed E-state index contributed by atoms with van der Waals surface area (Å²) in [5, 5.41) is 1.16. The molecule has 0 saturated heterocycles. The second-order valence-electron chi connectivity index (χ2n) is 4.06. The molecule has 2 aromatic carbocycles. The van der Waals surface area contributed by atoms with Gasteiger partial charge in [0.05, 0.1) is 0 Å². The van der Waals surface area contributed by atoms with Crippen LogP contribution in [0.1, 0.15) is 11.3 Å². The fraction of sp³-hybridized carbons (Fsp3) is 0.0667. The maximum Gasteiger partial charge on any atom is 0.134 e. The van der Waals surface area contributed by atoms with Crippen LogP contribution < -0.4 is 0 Å². The lowest BCUT2D eigenvalue weighted by atomic mass is 10.1. The summed E-state index contributed by atoms with van der Waals surface area (Å²) < 4.78 is 6.90. The highest BCUT2D eigenvalue weighted by atomic mass is 79.9. The maximum absolute atomic E-state index is 5.80. The fourth-order valence-corrected chi connectivity index (χ4v) is 2.42. The molecule has 0 aliphatic carbocycles. The van der Waals surface area contributed by atoms with E-state index < -0.39 is 0 Å². The van der Waals surface area contributed by atoms with Crippen LogP contribution in [0.15, 0.2) is 63.5 Å². The number of rotatable bonds is 2. The van der Waals surface area contributed by atoms with Crippen LogP contribution in [0.25, 0.3) is 11.0 Å². The van der Waals surface area contributed by atoms with Crippen molar-refractivity contribution in [2.75, 3.05) is 0 Å². The summed E-state index contributed by atoms with van der Waals surface area (Å²) in [7, 11) is 0. The van der Waals surface area contributed by atoms with Gasteiger partial charge < -0.3 is 4.42 Å². The molecule has 1 heterocycles. The molecule has 0 radical (unpaired) electrons. The first-order valence-corrected chi connectivity index (χ1v) is 6.32. The monoisotopic (exact) mass is 286 g/mol. The van der Waals surface area contributed by atoms with Gasteiger partial charge in [0.25, 0.3) is 0 Å². The molecule has 0 aliphatic heterocycles. The average molecular weight is 287 g/mol. The first-order chi connectivity index (χ1) is 8.31. The zero-order valence-corrected chi connectivity index (χ0v) is 10.8. The third kappa shape index (κ3) is 2.27. The quantitative estimate of drug-likeness (QED) is 0.660. The van der Waals surface area contributed by atoms with E-state index in [-0.39, 0.29) is 0 Å². The first kappa shape index (κ1) is 10.6. The number of benzene rings is 2. The summed E-state index contributed by atoms with van der Waals surface area (Å²) in [5.74, 6) is 1.00.